The highest BCUT2D eigenvalue weighted by Gasteiger charge is 2.34. The molecule has 2 aromatic heterocycles. The van der Waals surface area contributed by atoms with Crippen molar-refractivity contribution in [1.29, 1.82) is 0 Å². The van der Waals surface area contributed by atoms with Crippen LogP contribution in [0.15, 0.2) is 68.3 Å². The summed E-state index contributed by atoms with van der Waals surface area (Å²) in [4.78, 5) is 43.8. The lowest BCUT2D eigenvalue weighted by molar-refractivity contribution is -0.140. The molecular formula is C21H15N3O4S3. The normalized spacial score (nSPS) is 15.3. The van der Waals surface area contributed by atoms with E-state index < -0.39 is 18.4 Å². The fraction of sp³-hybridized carbons (Fsp3) is 0.0952. The first-order chi connectivity index (χ1) is 14.8. The van der Waals surface area contributed by atoms with Gasteiger partial charge in [-0.3, -0.25) is 23.7 Å². The summed E-state index contributed by atoms with van der Waals surface area (Å²) in [6.07, 6.45) is 3.14. The molecule has 3 heterocycles. The summed E-state index contributed by atoms with van der Waals surface area (Å²) in [6.45, 7) is 1.34. The minimum atomic E-state index is -1.17. The maximum absolute atomic E-state index is 13.3. The molecule has 0 aliphatic carbocycles. The standard InChI is InChI=1S/C21H15N3O4S3/c1-12-7-8-16-22-18(30-13-5-3-2-4-6-13)14(19(27)23(16)10-12)9-15-20(28)24(11-17(25)26)21(29)31-15/h2-10H,11H2,1H3,(H,25,26)/b15-9+. The van der Waals surface area contributed by atoms with E-state index in [9.17, 15) is 14.4 Å². The molecule has 0 saturated carbocycles. The second-order valence-corrected chi connectivity index (χ2v) is 9.39. The largest absolute Gasteiger partial charge is 0.480 e. The van der Waals surface area contributed by atoms with Gasteiger partial charge in [-0.15, -0.1) is 0 Å². The SMILES string of the molecule is Cc1ccc2nc(Sc3ccccc3)c(/C=C3/SC(=S)N(CC(=O)O)C3=O)c(=O)n2c1. The minimum absolute atomic E-state index is 0.139. The molecule has 1 amide bonds. The van der Waals surface area contributed by atoms with E-state index in [2.05, 4.69) is 4.98 Å². The molecule has 0 atom stereocenters. The number of carboxylic acids is 1. The third kappa shape index (κ3) is 4.41. The molecule has 1 aromatic carbocycles. The smallest absolute Gasteiger partial charge is 0.323 e. The Kier molecular flexibility index (Phi) is 5.94. The topological polar surface area (TPSA) is 92.0 Å². The molecule has 10 heteroatoms. The molecule has 1 N–H and O–H groups in total. The zero-order valence-corrected chi connectivity index (χ0v) is 18.6. The van der Waals surface area contributed by atoms with Gasteiger partial charge in [0.1, 0.15) is 21.5 Å². The zero-order chi connectivity index (χ0) is 22.1. The van der Waals surface area contributed by atoms with Crippen molar-refractivity contribution in [2.24, 2.45) is 0 Å². The summed E-state index contributed by atoms with van der Waals surface area (Å²) in [5, 5.41) is 9.48. The van der Waals surface area contributed by atoms with Gasteiger partial charge >= 0.3 is 5.97 Å². The highest BCUT2D eigenvalue weighted by molar-refractivity contribution is 8.26. The summed E-state index contributed by atoms with van der Waals surface area (Å²) in [7, 11) is 0. The Morgan fingerprint density at radius 1 is 1.23 bits per heavy atom. The first-order valence-electron chi connectivity index (χ1n) is 9.06. The molecule has 0 unspecified atom stereocenters. The van der Waals surface area contributed by atoms with Gasteiger partial charge in [0.15, 0.2) is 0 Å². The molecule has 1 aliphatic rings. The third-order valence-corrected chi connectivity index (χ3v) is 6.76. The number of nitrogens with zero attached hydrogens (tertiary/aromatic N) is 3. The summed E-state index contributed by atoms with van der Waals surface area (Å²) in [6, 6.07) is 13.1. The van der Waals surface area contributed by atoms with E-state index in [0.29, 0.717) is 10.7 Å². The monoisotopic (exact) mass is 469 g/mol. The molecule has 3 aromatic rings. The van der Waals surface area contributed by atoms with Gasteiger partial charge in [0.25, 0.3) is 11.5 Å². The summed E-state index contributed by atoms with van der Waals surface area (Å²) in [5.41, 5.74) is 1.30. The molecule has 7 nitrogen and oxygen atoms in total. The van der Waals surface area contributed by atoms with Crippen LogP contribution >= 0.6 is 35.7 Å². The Balaban J connectivity index is 1.86. The lowest BCUT2D eigenvalue weighted by Crippen LogP contribution is -2.33. The van der Waals surface area contributed by atoms with Gasteiger partial charge in [-0.1, -0.05) is 60.0 Å². The van der Waals surface area contributed by atoms with Gasteiger partial charge in [-0.2, -0.15) is 0 Å². The fourth-order valence-electron chi connectivity index (χ4n) is 2.94. The number of carbonyl (C=O) groups excluding carboxylic acids is 1. The van der Waals surface area contributed by atoms with E-state index in [1.807, 2.05) is 43.3 Å². The molecule has 1 aliphatic heterocycles. The Labute approximate surface area is 190 Å². The van der Waals surface area contributed by atoms with E-state index in [-0.39, 0.29) is 20.3 Å². The van der Waals surface area contributed by atoms with Gasteiger partial charge in [-0.05, 0) is 36.8 Å². The van der Waals surface area contributed by atoms with Gasteiger partial charge in [0.2, 0.25) is 0 Å². The van der Waals surface area contributed by atoms with E-state index >= 15 is 0 Å². The Hall–Kier alpha value is -2.95. The number of thioether (sulfide) groups is 1. The molecular weight excluding hydrogens is 454 g/mol. The average Bonchev–Trinajstić information content (AvgIpc) is 2.99. The van der Waals surface area contributed by atoms with Crippen molar-refractivity contribution in [3.8, 4) is 0 Å². The van der Waals surface area contributed by atoms with Crippen molar-refractivity contribution in [1.82, 2.24) is 14.3 Å². The molecule has 1 saturated heterocycles. The number of fused-ring (bicyclic) bond motifs is 1. The number of rotatable bonds is 5. The number of pyridine rings is 1. The molecule has 31 heavy (non-hydrogen) atoms. The van der Waals surface area contributed by atoms with Gasteiger partial charge in [0.05, 0.1) is 10.5 Å². The van der Waals surface area contributed by atoms with Gasteiger partial charge in [0, 0.05) is 11.1 Å². The van der Waals surface area contributed by atoms with E-state index in [1.165, 1.54) is 22.2 Å². The Morgan fingerprint density at radius 3 is 2.68 bits per heavy atom. The predicted octanol–water partition coefficient (Wildman–Crippen LogP) is 3.44. The number of hydrogen-bond donors (Lipinski definition) is 1. The van der Waals surface area contributed by atoms with Crippen LogP contribution < -0.4 is 5.56 Å². The highest BCUT2D eigenvalue weighted by Crippen LogP contribution is 2.34. The molecule has 0 spiro atoms. The summed E-state index contributed by atoms with van der Waals surface area (Å²) in [5.74, 6) is -1.71. The number of carboxylic acid groups (broad SMARTS) is 1. The van der Waals surface area contributed by atoms with Gasteiger partial charge < -0.3 is 5.11 Å². The van der Waals surface area contributed by atoms with Crippen LogP contribution in [0.25, 0.3) is 11.7 Å². The van der Waals surface area contributed by atoms with Crippen LogP contribution in [-0.4, -0.2) is 42.1 Å². The molecule has 0 radical (unpaired) electrons. The molecule has 4 rings (SSSR count). The summed E-state index contributed by atoms with van der Waals surface area (Å²) >= 11 is 7.44. The first kappa shape index (κ1) is 21.3. The number of hydrogen-bond acceptors (Lipinski definition) is 7. The highest BCUT2D eigenvalue weighted by atomic mass is 32.2. The van der Waals surface area contributed by atoms with Crippen LogP contribution in [0.4, 0.5) is 0 Å². The first-order valence-corrected chi connectivity index (χ1v) is 11.1. The number of carbonyl (C=O) groups is 2. The number of aromatic nitrogens is 2. The van der Waals surface area contributed by atoms with Crippen molar-refractivity contribution >= 4 is 63.7 Å². The quantitative estimate of drug-likeness (QED) is 0.345. The number of amides is 1. The maximum atomic E-state index is 13.3. The summed E-state index contributed by atoms with van der Waals surface area (Å²) < 4.78 is 1.58. The average molecular weight is 470 g/mol. The van der Waals surface area contributed by atoms with Crippen molar-refractivity contribution < 1.29 is 14.7 Å². The van der Waals surface area contributed by atoms with Crippen molar-refractivity contribution in [2.45, 2.75) is 16.8 Å². The fourth-order valence-corrected chi connectivity index (χ4v) is 5.09. The van der Waals surface area contributed by atoms with Crippen LogP contribution in [0.2, 0.25) is 0 Å². The molecule has 156 valence electrons. The molecule has 1 fully saturated rings. The predicted molar refractivity (Wildman–Crippen MR) is 124 cm³/mol. The zero-order valence-electron chi connectivity index (χ0n) is 16.1. The molecule has 0 bridgehead atoms. The van der Waals surface area contributed by atoms with Crippen LogP contribution in [-0.2, 0) is 9.59 Å². The minimum Gasteiger partial charge on any atom is -0.480 e. The maximum Gasteiger partial charge on any atom is 0.323 e. The second kappa shape index (κ2) is 8.66. The van der Waals surface area contributed by atoms with E-state index in [4.69, 9.17) is 17.3 Å². The van der Waals surface area contributed by atoms with Crippen LogP contribution in [0.1, 0.15) is 11.1 Å². The number of benzene rings is 1. The Morgan fingerprint density at radius 2 is 1.97 bits per heavy atom. The number of aryl methyl sites for hydroxylation is 1. The van der Waals surface area contributed by atoms with Crippen LogP contribution in [0.5, 0.6) is 0 Å². The van der Waals surface area contributed by atoms with Crippen LogP contribution in [0.3, 0.4) is 0 Å². The lowest BCUT2D eigenvalue weighted by atomic mass is 10.2. The number of aliphatic carboxylic acids is 1. The van der Waals surface area contributed by atoms with Crippen LogP contribution in [0, 0.1) is 6.92 Å². The van der Waals surface area contributed by atoms with Crippen molar-refractivity contribution in [2.75, 3.05) is 6.54 Å². The lowest BCUT2D eigenvalue weighted by Gasteiger charge is -2.11. The van der Waals surface area contributed by atoms with E-state index in [1.54, 1.807) is 12.3 Å². The second-order valence-electron chi connectivity index (χ2n) is 6.65. The van der Waals surface area contributed by atoms with Gasteiger partial charge in [-0.25, -0.2) is 4.98 Å². The third-order valence-electron chi connectivity index (χ3n) is 4.37. The van der Waals surface area contributed by atoms with Crippen molar-refractivity contribution in [3.63, 3.8) is 0 Å². The van der Waals surface area contributed by atoms with E-state index in [0.717, 1.165) is 27.1 Å². The number of thiocarbonyl (C=S) groups is 1. The Bertz CT molecular complexity index is 1320. The van der Waals surface area contributed by atoms with Crippen molar-refractivity contribution in [3.05, 3.63) is 75.0 Å².